The number of rotatable bonds is 6. The second-order valence-corrected chi connectivity index (χ2v) is 4.47. The van der Waals surface area contributed by atoms with Crippen LogP contribution in [0.5, 0.6) is 0 Å². The predicted octanol–water partition coefficient (Wildman–Crippen LogP) is 1.22. The fourth-order valence-corrected chi connectivity index (χ4v) is 1.89. The number of carboxylic acid groups (broad SMARTS) is 1. The van der Waals surface area contributed by atoms with Gasteiger partial charge in [0, 0.05) is 7.05 Å². The SMILES string of the molecule is CCN(C)C(C(=O)N(C)CC(=O)O)c1ccccc1. The van der Waals surface area contributed by atoms with Gasteiger partial charge in [0.25, 0.3) is 0 Å². The summed E-state index contributed by atoms with van der Waals surface area (Å²) < 4.78 is 0. The number of carbonyl (C=O) groups is 2. The molecule has 1 amide bonds. The van der Waals surface area contributed by atoms with E-state index in [1.165, 1.54) is 11.9 Å². The van der Waals surface area contributed by atoms with E-state index in [2.05, 4.69) is 0 Å². The standard InChI is InChI=1S/C14H20N2O3/c1-4-15(2)13(11-8-6-5-7-9-11)14(19)16(3)10-12(17)18/h5-9,13H,4,10H2,1-3H3,(H,17,18). The van der Waals surface area contributed by atoms with Gasteiger partial charge in [-0.25, -0.2) is 0 Å². The summed E-state index contributed by atoms with van der Waals surface area (Å²) in [7, 11) is 3.36. The first-order valence-corrected chi connectivity index (χ1v) is 6.19. The first-order chi connectivity index (χ1) is 8.97. The van der Waals surface area contributed by atoms with Gasteiger partial charge >= 0.3 is 5.97 Å². The molecule has 1 atom stereocenters. The summed E-state index contributed by atoms with van der Waals surface area (Å²) in [5, 5.41) is 8.77. The highest BCUT2D eigenvalue weighted by atomic mass is 16.4. The molecule has 0 bridgehead atoms. The lowest BCUT2D eigenvalue weighted by Gasteiger charge is -2.29. The zero-order valence-corrected chi connectivity index (χ0v) is 11.5. The van der Waals surface area contributed by atoms with Crippen LogP contribution < -0.4 is 0 Å². The van der Waals surface area contributed by atoms with Crippen LogP contribution in [0.3, 0.4) is 0 Å². The number of hydrogen-bond acceptors (Lipinski definition) is 3. The molecule has 19 heavy (non-hydrogen) atoms. The van der Waals surface area contributed by atoms with Crippen molar-refractivity contribution >= 4 is 11.9 Å². The summed E-state index contributed by atoms with van der Waals surface area (Å²) in [6, 6.07) is 8.94. The minimum atomic E-state index is -1.01. The van der Waals surface area contributed by atoms with Crippen LogP contribution in [0.4, 0.5) is 0 Å². The second-order valence-electron chi connectivity index (χ2n) is 4.47. The van der Waals surface area contributed by atoms with Gasteiger partial charge in [0.1, 0.15) is 12.6 Å². The van der Waals surface area contributed by atoms with Gasteiger partial charge in [0.05, 0.1) is 0 Å². The van der Waals surface area contributed by atoms with E-state index in [1.54, 1.807) is 0 Å². The van der Waals surface area contributed by atoms with Crippen LogP contribution in [0.2, 0.25) is 0 Å². The highest BCUT2D eigenvalue weighted by Gasteiger charge is 2.27. The Hall–Kier alpha value is -1.88. The smallest absolute Gasteiger partial charge is 0.323 e. The zero-order chi connectivity index (χ0) is 14.4. The molecule has 1 rings (SSSR count). The second kappa shape index (κ2) is 6.89. The molecule has 0 radical (unpaired) electrons. The van der Waals surface area contributed by atoms with Crippen LogP contribution in [0.1, 0.15) is 18.5 Å². The maximum Gasteiger partial charge on any atom is 0.323 e. The summed E-state index contributed by atoms with van der Waals surface area (Å²) in [5.74, 6) is -1.22. The molecule has 0 aliphatic heterocycles. The van der Waals surface area contributed by atoms with E-state index in [4.69, 9.17) is 5.11 Å². The third kappa shape index (κ3) is 4.06. The molecule has 1 aromatic carbocycles. The van der Waals surface area contributed by atoms with Crippen LogP contribution in [-0.4, -0.2) is 54.0 Å². The average Bonchev–Trinajstić information content (AvgIpc) is 2.39. The largest absolute Gasteiger partial charge is 0.480 e. The Morgan fingerprint density at radius 3 is 2.26 bits per heavy atom. The van der Waals surface area contributed by atoms with E-state index in [-0.39, 0.29) is 12.5 Å². The number of carboxylic acids is 1. The molecule has 1 aromatic rings. The van der Waals surface area contributed by atoms with Gasteiger partial charge in [-0.2, -0.15) is 0 Å². The molecule has 0 saturated carbocycles. The molecule has 0 saturated heterocycles. The van der Waals surface area contributed by atoms with Crippen molar-refractivity contribution in [2.45, 2.75) is 13.0 Å². The van der Waals surface area contributed by atoms with E-state index in [1.807, 2.05) is 49.2 Å². The number of amides is 1. The molecular weight excluding hydrogens is 244 g/mol. The van der Waals surface area contributed by atoms with Crippen LogP contribution in [0.15, 0.2) is 30.3 Å². The Kier molecular flexibility index (Phi) is 5.51. The third-order valence-corrected chi connectivity index (χ3v) is 3.04. The van der Waals surface area contributed by atoms with Crippen molar-refractivity contribution in [2.24, 2.45) is 0 Å². The number of aliphatic carboxylic acids is 1. The van der Waals surface area contributed by atoms with Gasteiger partial charge in [-0.15, -0.1) is 0 Å². The summed E-state index contributed by atoms with van der Waals surface area (Å²) in [4.78, 5) is 26.2. The van der Waals surface area contributed by atoms with E-state index in [0.717, 1.165) is 5.56 Å². The molecule has 0 aliphatic carbocycles. The minimum absolute atomic E-state index is 0.210. The topological polar surface area (TPSA) is 60.9 Å². The van der Waals surface area contributed by atoms with Gasteiger partial charge in [0.15, 0.2) is 0 Å². The van der Waals surface area contributed by atoms with Crippen molar-refractivity contribution in [2.75, 3.05) is 27.2 Å². The quantitative estimate of drug-likeness (QED) is 0.839. The molecule has 0 fully saturated rings. The molecular formula is C14H20N2O3. The Morgan fingerprint density at radius 2 is 1.79 bits per heavy atom. The Morgan fingerprint density at radius 1 is 1.21 bits per heavy atom. The summed E-state index contributed by atoms with van der Waals surface area (Å²) in [6.45, 7) is 2.37. The van der Waals surface area contributed by atoms with Crippen LogP contribution >= 0.6 is 0 Å². The van der Waals surface area contributed by atoms with E-state index in [9.17, 15) is 9.59 Å². The molecule has 0 spiro atoms. The van der Waals surface area contributed by atoms with Crippen molar-refractivity contribution in [3.8, 4) is 0 Å². The monoisotopic (exact) mass is 264 g/mol. The molecule has 0 aromatic heterocycles. The third-order valence-electron chi connectivity index (χ3n) is 3.04. The summed E-state index contributed by atoms with van der Waals surface area (Å²) in [5.41, 5.74) is 0.870. The zero-order valence-electron chi connectivity index (χ0n) is 11.5. The molecule has 1 N–H and O–H groups in total. The molecule has 1 unspecified atom stereocenters. The van der Waals surface area contributed by atoms with Gasteiger partial charge in [0.2, 0.25) is 5.91 Å². The Bertz CT molecular complexity index is 434. The average molecular weight is 264 g/mol. The Labute approximate surface area is 113 Å². The van der Waals surface area contributed by atoms with Crippen LogP contribution in [-0.2, 0) is 9.59 Å². The molecule has 5 nitrogen and oxygen atoms in total. The van der Waals surface area contributed by atoms with Crippen molar-refractivity contribution < 1.29 is 14.7 Å². The molecule has 0 aliphatic rings. The molecule has 0 heterocycles. The maximum absolute atomic E-state index is 12.4. The lowest BCUT2D eigenvalue weighted by molar-refractivity contribution is -0.145. The molecule has 104 valence electrons. The highest BCUT2D eigenvalue weighted by Crippen LogP contribution is 2.21. The van der Waals surface area contributed by atoms with Crippen molar-refractivity contribution in [1.29, 1.82) is 0 Å². The number of carbonyl (C=O) groups excluding carboxylic acids is 1. The summed E-state index contributed by atoms with van der Waals surface area (Å²) >= 11 is 0. The fraction of sp³-hybridized carbons (Fsp3) is 0.429. The predicted molar refractivity (Wildman–Crippen MR) is 72.8 cm³/mol. The van der Waals surface area contributed by atoms with Crippen molar-refractivity contribution in [3.63, 3.8) is 0 Å². The molecule has 5 heteroatoms. The van der Waals surface area contributed by atoms with Crippen molar-refractivity contribution in [3.05, 3.63) is 35.9 Å². The lowest BCUT2D eigenvalue weighted by atomic mass is 10.0. The number of likely N-dealkylation sites (N-methyl/N-ethyl adjacent to an activating group) is 2. The van der Waals surface area contributed by atoms with Gasteiger partial charge in [-0.05, 0) is 19.2 Å². The normalized spacial score (nSPS) is 12.2. The Balaban J connectivity index is 2.98. The lowest BCUT2D eigenvalue weighted by Crippen LogP contribution is -2.41. The number of hydrogen-bond donors (Lipinski definition) is 1. The minimum Gasteiger partial charge on any atom is -0.480 e. The number of benzene rings is 1. The first kappa shape index (κ1) is 15.2. The van der Waals surface area contributed by atoms with Crippen LogP contribution in [0.25, 0.3) is 0 Å². The summed E-state index contributed by atoms with van der Waals surface area (Å²) in [6.07, 6.45) is 0. The number of nitrogens with zero attached hydrogens (tertiary/aromatic N) is 2. The van der Waals surface area contributed by atoms with Gasteiger partial charge < -0.3 is 10.0 Å². The van der Waals surface area contributed by atoms with E-state index in [0.29, 0.717) is 6.54 Å². The van der Waals surface area contributed by atoms with Gasteiger partial charge in [-0.3, -0.25) is 14.5 Å². The van der Waals surface area contributed by atoms with E-state index >= 15 is 0 Å². The van der Waals surface area contributed by atoms with Crippen molar-refractivity contribution in [1.82, 2.24) is 9.80 Å². The first-order valence-electron chi connectivity index (χ1n) is 6.19. The van der Waals surface area contributed by atoms with E-state index < -0.39 is 12.0 Å². The van der Waals surface area contributed by atoms with Crippen LogP contribution in [0, 0.1) is 0 Å². The van der Waals surface area contributed by atoms with Gasteiger partial charge in [-0.1, -0.05) is 37.3 Å². The maximum atomic E-state index is 12.4. The highest BCUT2D eigenvalue weighted by molar-refractivity contribution is 5.86. The fourth-order valence-electron chi connectivity index (χ4n) is 1.89.